The summed E-state index contributed by atoms with van der Waals surface area (Å²) in [5.74, 6) is 0.493. The predicted molar refractivity (Wildman–Crippen MR) is 68.8 cm³/mol. The highest BCUT2D eigenvalue weighted by molar-refractivity contribution is 9.10. The third-order valence-electron chi connectivity index (χ3n) is 2.03. The fourth-order valence-corrected chi connectivity index (χ4v) is 1.46. The summed E-state index contributed by atoms with van der Waals surface area (Å²) in [6.45, 7) is 0. The first-order chi connectivity index (χ1) is 8.69. The van der Waals surface area contributed by atoms with E-state index in [4.69, 9.17) is 15.7 Å². The molecular formula is C11H9BrN4O2. The molecule has 0 aliphatic heterocycles. The van der Waals surface area contributed by atoms with Gasteiger partial charge in [0.05, 0.1) is 0 Å². The fraction of sp³-hybridized carbons (Fsp3) is 0. The Bertz CT molecular complexity index is 572. The minimum atomic E-state index is -0.0990. The van der Waals surface area contributed by atoms with Crippen molar-refractivity contribution in [2.24, 2.45) is 10.9 Å². The van der Waals surface area contributed by atoms with Crippen LogP contribution >= 0.6 is 15.9 Å². The third kappa shape index (κ3) is 2.95. The molecule has 1 aromatic carbocycles. The van der Waals surface area contributed by atoms with Crippen LogP contribution in [0.3, 0.4) is 0 Å². The van der Waals surface area contributed by atoms with Crippen molar-refractivity contribution in [3.05, 3.63) is 46.7 Å². The fourth-order valence-electron chi connectivity index (χ4n) is 1.19. The van der Waals surface area contributed by atoms with Gasteiger partial charge in [0.1, 0.15) is 11.4 Å². The van der Waals surface area contributed by atoms with Crippen LogP contribution in [-0.2, 0) is 0 Å². The van der Waals surface area contributed by atoms with Crippen molar-refractivity contribution in [2.75, 3.05) is 0 Å². The lowest BCUT2D eigenvalue weighted by Gasteiger charge is -2.04. The lowest BCUT2D eigenvalue weighted by atomic mass is 10.3. The van der Waals surface area contributed by atoms with Crippen LogP contribution < -0.4 is 10.5 Å². The van der Waals surface area contributed by atoms with Crippen LogP contribution in [0.5, 0.6) is 11.8 Å². The number of nitrogens with two attached hydrogens (primary N) is 1. The number of halogens is 1. The summed E-state index contributed by atoms with van der Waals surface area (Å²) in [6.07, 6.45) is 1.47. The van der Waals surface area contributed by atoms with Gasteiger partial charge in [-0.2, -0.15) is 4.98 Å². The average molecular weight is 309 g/mol. The van der Waals surface area contributed by atoms with E-state index in [1.807, 2.05) is 12.1 Å². The Labute approximate surface area is 111 Å². The van der Waals surface area contributed by atoms with Crippen LogP contribution in [0.1, 0.15) is 5.69 Å². The van der Waals surface area contributed by atoms with Crippen molar-refractivity contribution in [3.8, 4) is 11.8 Å². The number of amidine groups is 1. The molecule has 0 bridgehead atoms. The second-order valence-electron chi connectivity index (χ2n) is 3.27. The topological polar surface area (TPSA) is 93.6 Å². The van der Waals surface area contributed by atoms with Gasteiger partial charge in [0.2, 0.25) is 0 Å². The molecule has 0 radical (unpaired) electrons. The van der Waals surface area contributed by atoms with E-state index >= 15 is 0 Å². The highest BCUT2D eigenvalue weighted by Gasteiger charge is 2.05. The molecule has 0 amide bonds. The maximum absolute atomic E-state index is 8.56. The van der Waals surface area contributed by atoms with Gasteiger partial charge in [0, 0.05) is 10.7 Å². The summed E-state index contributed by atoms with van der Waals surface area (Å²) in [5.41, 5.74) is 5.72. The van der Waals surface area contributed by atoms with Gasteiger partial charge < -0.3 is 15.7 Å². The quantitative estimate of drug-likeness (QED) is 0.392. The molecule has 0 saturated carbocycles. The predicted octanol–water partition coefficient (Wildman–Crippen LogP) is 2.13. The largest absolute Gasteiger partial charge is 0.424 e. The van der Waals surface area contributed by atoms with E-state index in [2.05, 4.69) is 31.1 Å². The number of aromatic nitrogens is 2. The van der Waals surface area contributed by atoms with Gasteiger partial charge >= 0.3 is 6.01 Å². The summed E-state index contributed by atoms with van der Waals surface area (Å²) >= 11 is 3.32. The monoisotopic (exact) mass is 308 g/mol. The van der Waals surface area contributed by atoms with Gasteiger partial charge in [-0.05, 0) is 30.3 Å². The zero-order valence-electron chi connectivity index (χ0n) is 9.12. The standard InChI is InChI=1S/C11H9BrN4O2/c12-7-1-3-8(4-2-7)18-11-14-6-5-9(15-11)10(13)16-17/h1-6,17H,(H2,13,16). The summed E-state index contributed by atoms with van der Waals surface area (Å²) in [4.78, 5) is 7.94. The number of nitrogens with zero attached hydrogens (tertiary/aromatic N) is 3. The number of ether oxygens (including phenoxy) is 1. The number of rotatable bonds is 3. The van der Waals surface area contributed by atoms with E-state index in [0.29, 0.717) is 11.4 Å². The zero-order chi connectivity index (χ0) is 13.0. The Morgan fingerprint density at radius 2 is 2.00 bits per heavy atom. The highest BCUT2D eigenvalue weighted by atomic mass is 79.9. The van der Waals surface area contributed by atoms with E-state index in [1.54, 1.807) is 12.1 Å². The summed E-state index contributed by atoms with van der Waals surface area (Å²) < 4.78 is 6.38. The van der Waals surface area contributed by atoms with Crippen LogP contribution in [0.2, 0.25) is 0 Å². The normalized spacial score (nSPS) is 11.3. The molecule has 6 nitrogen and oxygen atoms in total. The Kier molecular flexibility index (Phi) is 3.73. The van der Waals surface area contributed by atoms with E-state index in [0.717, 1.165) is 4.47 Å². The second kappa shape index (κ2) is 5.46. The van der Waals surface area contributed by atoms with Crippen molar-refractivity contribution in [1.82, 2.24) is 9.97 Å². The minimum Gasteiger partial charge on any atom is -0.424 e. The van der Waals surface area contributed by atoms with Gasteiger partial charge in [-0.1, -0.05) is 21.1 Å². The first-order valence-electron chi connectivity index (χ1n) is 4.93. The summed E-state index contributed by atoms with van der Waals surface area (Å²) in [5, 5.41) is 11.4. The molecule has 0 unspecified atom stereocenters. The van der Waals surface area contributed by atoms with Crippen molar-refractivity contribution in [2.45, 2.75) is 0 Å². The molecule has 1 heterocycles. The van der Waals surface area contributed by atoms with Crippen LogP contribution in [0.4, 0.5) is 0 Å². The smallest absolute Gasteiger partial charge is 0.322 e. The number of hydrogen-bond donors (Lipinski definition) is 2. The van der Waals surface area contributed by atoms with Crippen molar-refractivity contribution in [3.63, 3.8) is 0 Å². The molecule has 92 valence electrons. The minimum absolute atomic E-state index is 0.0990. The Morgan fingerprint density at radius 3 is 2.67 bits per heavy atom. The molecule has 2 aromatic rings. The molecule has 1 aromatic heterocycles. The van der Waals surface area contributed by atoms with Crippen molar-refractivity contribution in [1.29, 1.82) is 0 Å². The maximum atomic E-state index is 8.56. The lowest BCUT2D eigenvalue weighted by Crippen LogP contribution is -2.15. The Balaban J connectivity index is 2.22. The van der Waals surface area contributed by atoms with Crippen LogP contribution in [0.15, 0.2) is 46.2 Å². The SMILES string of the molecule is N/C(=N/O)c1ccnc(Oc2ccc(Br)cc2)n1. The zero-order valence-corrected chi connectivity index (χ0v) is 10.7. The maximum Gasteiger partial charge on any atom is 0.322 e. The van der Waals surface area contributed by atoms with Gasteiger partial charge in [0.15, 0.2) is 5.84 Å². The van der Waals surface area contributed by atoms with Gasteiger partial charge in [-0.25, -0.2) is 4.98 Å². The van der Waals surface area contributed by atoms with E-state index in [1.165, 1.54) is 12.3 Å². The molecule has 7 heteroatoms. The molecule has 0 atom stereocenters. The van der Waals surface area contributed by atoms with Crippen LogP contribution in [-0.4, -0.2) is 21.0 Å². The van der Waals surface area contributed by atoms with E-state index in [9.17, 15) is 0 Å². The molecule has 18 heavy (non-hydrogen) atoms. The molecule has 0 aliphatic carbocycles. The van der Waals surface area contributed by atoms with E-state index < -0.39 is 0 Å². The average Bonchev–Trinajstić information content (AvgIpc) is 2.41. The Morgan fingerprint density at radius 1 is 1.28 bits per heavy atom. The van der Waals surface area contributed by atoms with Gasteiger partial charge in [-0.15, -0.1) is 0 Å². The lowest BCUT2D eigenvalue weighted by molar-refractivity contribution is 0.318. The Hall–Kier alpha value is -2.15. The van der Waals surface area contributed by atoms with Gasteiger partial charge in [-0.3, -0.25) is 0 Å². The van der Waals surface area contributed by atoms with Crippen LogP contribution in [0, 0.1) is 0 Å². The molecule has 2 rings (SSSR count). The van der Waals surface area contributed by atoms with E-state index in [-0.39, 0.29) is 11.8 Å². The second-order valence-corrected chi connectivity index (χ2v) is 4.18. The molecule has 0 fully saturated rings. The molecule has 0 aliphatic rings. The molecular weight excluding hydrogens is 300 g/mol. The van der Waals surface area contributed by atoms with Crippen molar-refractivity contribution < 1.29 is 9.94 Å². The number of benzene rings is 1. The molecule has 0 saturated heterocycles. The first kappa shape index (κ1) is 12.3. The number of hydrogen-bond acceptors (Lipinski definition) is 5. The third-order valence-corrected chi connectivity index (χ3v) is 2.56. The van der Waals surface area contributed by atoms with Crippen molar-refractivity contribution >= 4 is 21.8 Å². The first-order valence-corrected chi connectivity index (χ1v) is 5.72. The molecule has 3 N–H and O–H groups in total. The molecule has 0 spiro atoms. The van der Waals surface area contributed by atoms with Crippen LogP contribution in [0.25, 0.3) is 0 Å². The number of oxime groups is 1. The summed E-state index contributed by atoms with van der Waals surface area (Å²) in [7, 11) is 0. The van der Waals surface area contributed by atoms with Gasteiger partial charge in [0.25, 0.3) is 0 Å². The highest BCUT2D eigenvalue weighted by Crippen LogP contribution is 2.20. The summed E-state index contributed by atoms with van der Waals surface area (Å²) in [6, 6.07) is 8.85.